The highest BCUT2D eigenvalue weighted by Gasteiger charge is 2.54. The summed E-state index contributed by atoms with van der Waals surface area (Å²) in [4.78, 5) is 73.6. The highest BCUT2D eigenvalue weighted by molar-refractivity contribution is 8.00. The lowest BCUT2D eigenvalue weighted by Crippen LogP contribution is -2.71. The summed E-state index contributed by atoms with van der Waals surface area (Å²) in [5, 5.41) is 15.5. The van der Waals surface area contributed by atoms with Crippen LogP contribution in [0, 0.1) is 11.3 Å². The van der Waals surface area contributed by atoms with Crippen molar-refractivity contribution >= 4 is 63.5 Å². The third-order valence-electron chi connectivity index (χ3n) is 7.25. The molecular formula is C32H37N8O7S2+. The number of benzene rings is 1. The van der Waals surface area contributed by atoms with Crippen LogP contribution in [0.25, 0.3) is 0 Å². The van der Waals surface area contributed by atoms with Gasteiger partial charge in [0, 0.05) is 18.1 Å². The lowest BCUT2D eigenvalue weighted by Gasteiger charge is -2.49. The minimum atomic E-state index is -0.992. The molecule has 49 heavy (non-hydrogen) atoms. The van der Waals surface area contributed by atoms with Crippen molar-refractivity contribution < 1.29 is 37.9 Å². The molecule has 2 aromatic rings. The number of amides is 4. The second-order valence-corrected chi connectivity index (χ2v) is 13.6. The molecule has 2 aliphatic rings. The first-order valence-corrected chi connectivity index (χ1v) is 17.0. The summed E-state index contributed by atoms with van der Waals surface area (Å²) in [7, 11) is 5.23. The van der Waals surface area contributed by atoms with Crippen molar-refractivity contribution in [3.8, 4) is 11.8 Å². The topological polar surface area (TPSA) is 206 Å². The number of nitriles is 1. The summed E-state index contributed by atoms with van der Waals surface area (Å²) in [6.45, 7) is 1.83. The lowest BCUT2D eigenvalue weighted by molar-refractivity contribution is -0.876. The molecule has 1 fully saturated rings. The molecule has 17 heteroatoms. The maximum atomic E-state index is 13.7. The van der Waals surface area contributed by atoms with Crippen LogP contribution >= 0.6 is 23.1 Å². The zero-order chi connectivity index (χ0) is 35.7. The van der Waals surface area contributed by atoms with E-state index in [4.69, 9.17) is 20.5 Å². The number of anilines is 1. The zero-order valence-corrected chi connectivity index (χ0v) is 29.1. The molecule has 0 unspecified atom stereocenters. The van der Waals surface area contributed by atoms with Gasteiger partial charge in [-0.05, 0) is 29.3 Å². The Balaban J connectivity index is 1.56. The second-order valence-electron chi connectivity index (χ2n) is 11.7. The van der Waals surface area contributed by atoms with Crippen molar-refractivity contribution in [2.45, 2.75) is 31.4 Å². The molecule has 0 spiro atoms. The van der Waals surface area contributed by atoms with Crippen molar-refractivity contribution in [3.63, 3.8) is 0 Å². The number of primary amides is 1. The molecule has 0 bridgehead atoms. The normalized spacial score (nSPS) is 17.6. The average molecular weight is 710 g/mol. The molecule has 2 aliphatic heterocycles. The number of carbonyl (C=O) groups excluding carboxylic acids is 5. The quantitative estimate of drug-likeness (QED) is 0.0795. The molecule has 15 nitrogen and oxygen atoms in total. The summed E-state index contributed by atoms with van der Waals surface area (Å²) >= 11 is 2.46. The number of likely N-dealkylation sites (N-methyl/N-ethyl adjacent to an activating group) is 1. The van der Waals surface area contributed by atoms with Gasteiger partial charge in [0.2, 0.25) is 5.91 Å². The summed E-state index contributed by atoms with van der Waals surface area (Å²) in [5.74, 6) is -1.74. The van der Waals surface area contributed by atoms with Crippen molar-refractivity contribution in [1.29, 1.82) is 5.26 Å². The number of fused-ring (bicyclic) bond motifs is 1. The van der Waals surface area contributed by atoms with E-state index in [2.05, 4.69) is 20.6 Å². The van der Waals surface area contributed by atoms with Gasteiger partial charge in [0.05, 0.1) is 46.8 Å². The number of hydrogen-bond acceptors (Lipinski definition) is 12. The van der Waals surface area contributed by atoms with E-state index in [0.29, 0.717) is 29.2 Å². The number of nitrogens with two attached hydrogens (primary N) is 1. The fourth-order valence-corrected chi connectivity index (χ4v) is 7.01. The SMILES string of the molecule is COc1ccc(COC(=O)C2=C(/C=C\C[N+](C)(C)CC(N)=O)CS[C@H]3[C@H](NC(=O)C(=NCCC#N)c4csc(NC(C)=O)n4)C(=O)N23)cc1. The maximum Gasteiger partial charge on any atom is 0.355 e. The Morgan fingerprint density at radius 1 is 1.24 bits per heavy atom. The molecule has 3 heterocycles. The molecule has 0 aliphatic carbocycles. The van der Waals surface area contributed by atoms with Crippen LogP contribution in [-0.4, -0.2) is 108 Å². The molecule has 1 aromatic heterocycles. The first kappa shape index (κ1) is 36.8. The molecule has 258 valence electrons. The van der Waals surface area contributed by atoms with Gasteiger partial charge >= 0.3 is 5.97 Å². The highest BCUT2D eigenvalue weighted by atomic mass is 32.2. The third kappa shape index (κ3) is 9.53. The number of thiazole rings is 1. The maximum absolute atomic E-state index is 13.7. The number of allylic oxidation sites excluding steroid dienone is 1. The van der Waals surface area contributed by atoms with E-state index in [1.54, 1.807) is 42.8 Å². The fraction of sp³-hybridized carbons (Fsp3) is 0.375. The molecule has 4 N–H and O–H groups in total. The number of aromatic nitrogens is 1. The van der Waals surface area contributed by atoms with Gasteiger partial charge in [-0.1, -0.05) is 18.2 Å². The molecule has 1 aromatic carbocycles. The smallest absolute Gasteiger partial charge is 0.355 e. The number of carbonyl (C=O) groups is 5. The Morgan fingerprint density at radius 3 is 2.63 bits per heavy atom. The Kier molecular flexibility index (Phi) is 12.3. The van der Waals surface area contributed by atoms with Crippen molar-refractivity contribution in [1.82, 2.24) is 15.2 Å². The average Bonchev–Trinajstić information content (AvgIpc) is 3.50. The van der Waals surface area contributed by atoms with Crippen molar-refractivity contribution in [2.75, 3.05) is 51.9 Å². The number of rotatable bonds is 15. The zero-order valence-electron chi connectivity index (χ0n) is 27.4. The number of hydrogen-bond donors (Lipinski definition) is 3. The van der Waals surface area contributed by atoms with Crippen LogP contribution in [0.1, 0.15) is 24.6 Å². The van der Waals surface area contributed by atoms with Crippen LogP contribution < -0.4 is 21.1 Å². The van der Waals surface area contributed by atoms with Crippen LogP contribution in [0.15, 0.2) is 58.1 Å². The monoisotopic (exact) mass is 709 g/mol. The Labute approximate surface area is 291 Å². The summed E-state index contributed by atoms with van der Waals surface area (Å²) in [6, 6.07) is 7.98. The first-order valence-electron chi connectivity index (χ1n) is 15.0. The molecule has 4 rings (SSSR count). The number of nitrogens with zero attached hydrogens (tertiary/aromatic N) is 5. The number of esters is 1. The molecule has 1 saturated heterocycles. The van der Waals surface area contributed by atoms with Crippen LogP contribution in [0.4, 0.5) is 5.13 Å². The number of ether oxygens (including phenoxy) is 2. The van der Waals surface area contributed by atoms with Gasteiger partial charge in [-0.15, -0.1) is 23.1 Å². The number of β-lactam (4-membered cyclic amide) rings is 1. The fourth-order valence-electron chi connectivity index (χ4n) is 4.95. The van der Waals surface area contributed by atoms with Gasteiger partial charge in [0.15, 0.2) is 11.7 Å². The third-order valence-corrected chi connectivity index (χ3v) is 9.31. The van der Waals surface area contributed by atoms with E-state index < -0.39 is 35.1 Å². The number of nitrogens with one attached hydrogen (secondary N) is 2. The van der Waals surface area contributed by atoms with E-state index in [9.17, 15) is 24.0 Å². The first-order chi connectivity index (χ1) is 23.3. The largest absolute Gasteiger partial charge is 0.497 e. The number of methoxy groups -OCH3 is 1. The Hall–Kier alpha value is -5.05. The summed E-state index contributed by atoms with van der Waals surface area (Å²) in [5.41, 5.74) is 6.79. The lowest BCUT2D eigenvalue weighted by atomic mass is 10.0. The molecule has 2 atom stereocenters. The Morgan fingerprint density at radius 2 is 1.98 bits per heavy atom. The Bertz CT molecular complexity index is 1740. The second kappa shape index (κ2) is 16.4. The van der Waals surface area contributed by atoms with Gasteiger partial charge in [0.1, 0.15) is 40.9 Å². The van der Waals surface area contributed by atoms with Gasteiger partial charge < -0.3 is 30.3 Å². The van der Waals surface area contributed by atoms with Crippen LogP contribution in [0.5, 0.6) is 5.75 Å². The predicted octanol–water partition coefficient (Wildman–Crippen LogP) is 1.33. The van der Waals surface area contributed by atoms with Gasteiger partial charge in [-0.25, -0.2) is 9.78 Å². The molecule has 0 saturated carbocycles. The molecule has 4 amide bonds. The summed E-state index contributed by atoms with van der Waals surface area (Å²) in [6.07, 6.45) is 3.60. The highest BCUT2D eigenvalue weighted by Crippen LogP contribution is 2.41. The van der Waals surface area contributed by atoms with Crippen LogP contribution in [0.3, 0.4) is 0 Å². The van der Waals surface area contributed by atoms with E-state index in [-0.39, 0.29) is 58.7 Å². The standard InChI is InChI=1S/C32H36N8O7S2/c1-19(41)36-32-37-23(18-49-32)25(35-13-6-12-33)28(43)38-26-29(44)39-27(31(45)47-16-20-8-10-22(46-4)11-9-20)21(17-48-30(26)39)7-5-14-40(2,3)15-24(34)42/h5,7-11,18,26,30H,6,13-17H2,1-4H3,(H3-,34,36,37,38,41,42,43)/p+1/b7-5-,35-25?/t26-,30+/m1/s1. The van der Waals surface area contributed by atoms with E-state index in [1.807, 2.05) is 26.2 Å². The van der Waals surface area contributed by atoms with Gasteiger partial charge in [-0.3, -0.25) is 29.1 Å². The van der Waals surface area contributed by atoms with E-state index >= 15 is 0 Å². The number of thioether (sulfide) groups is 1. The minimum absolute atomic E-state index is 0.0206. The van der Waals surface area contributed by atoms with Gasteiger partial charge in [-0.2, -0.15) is 5.26 Å². The van der Waals surface area contributed by atoms with E-state index in [1.165, 1.54) is 23.6 Å². The van der Waals surface area contributed by atoms with Crippen molar-refractivity contribution in [2.24, 2.45) is 10.7 Å². The number of aliphatic imine (C=N–C) groups is 1. The van der Waals surface area contributed by atoms with Gasteiger partial charge in [0.25, 0.3) is 17.7 Å². The summed E-state index contributed by atoms with van der Waals surface area (Å²) < 4.78 is 11.1. The van der Waals surface area contributed by atoms with Crippen molar-refractivity contribution in [3.05, 3.63) is 64.3 Å². The van der Waals surface area contributed by atoms with Crippen LogP contribution in [-0.2, 0) is 35.3 Å². The number of quaternary nitrogens is 1. The van der Waals surface area contributed by atoms with E-state index in [0.717, 1.165) is 11.3 Å². The van der Waals surface area contributed by atoms with Crippen LogP contribution in [0.2, 0.25) is 0 Å². The molecule has 0 radical (unpaired) electrons. The minimum Gasteiger partial charge on any atom is -0.497 e. The molecular weight excluding hydrogens is 673 g/mol. The predicted molar refractivity (Wildman–Crippen MR) is 183 cm³/mol.